The van der Waals surface area contributed by atoms with E-state index >= 15 is 0 Å². The van der Waals surface area contributed by atoms with Gasteiger partial charge in [0.1, 0.15) is 0 Å². The highest BCUT2D eigenvalue weighted by atomic mass is 14.1. The van der Waals surface area contributed by atoms with Crippen LogP contribution in [0.2, 0.25) is 0 Å². The maximum atomic E-state index is 2.28. The molecule has 0 N–H and O–H groups in total. The topological polar surface area (TPSA) is 0 Å². The summed E-state index contributed by atoms with van der Waals surface area (Å²) in [6.45, 7) is 0. The van der Waals surface area contributed by atoms with E-state index in [0.29, 0.717) is 0 Å². The predicted molar refractivity (Wildman–Crippen MR) is 90.4 cm³/mol. The van der Waals surface area contributed by atoms with Crippen molar-refractivity contribution in [2.24, 2.45) is 0 Å². The van der Waals surface area contributed by atoms with Crippen molar-refractivity contribution in [1.29, 1.82) is 0 Å². The smallest absolute Gasteiger partial charge is 0.0602 e. The first-order valence-corrected chi connectivity index (χ1v) is 7.22. The molecule has 0 nitrogen and oxygen atoms in total. The number of benzene rings is 4. The molecule has 0 unspecified atom stereocenters. The third-order valence-electron chi connectivity index (χ3n) is 3.96. The molecule has 4 rings (SSSR count). The molecule has 0 heterocycles. The summed E-state index contributed by atoms with van der Waals surface area (Å²) in [4.78, 5) is 0. The molecule has 4 aromatic carbocycles. The third-order valence-corrected chi connectivity index (χ3v) is 3.96. The first kappa shape index (κ1) is 12.0. The van der Waals surface area contributed by atoms with Crippen molar-refractivity contribution in [3.63, 3.8) is 0 Å². The van der Waals surface area contributed by atoms with Gasteiger partial charge >= 0.3 is 0 Å². The van der Waals surface area contributed by atoms with Crippen LogP contribution < -0.4 is 0 Å². The molecule has 0 atom stereocenters. The molecule has 0 bridgehead atoms. The van der Waals surface area contributed by atoms with Crippen LogP contribution in [0.15, 0.2) is 84.9 Å². The van der Waals surface area contributed by atoms with Crippen LogP contribution in [0, 0.1) is 6.42 Å². The van der Waals surface area contributed by atoms with E-state index in [2.05, 4.69) is 91.3 Å². The highest BCUT2D eigenvalue weighted by Crippen LogP contribution is 2.26. The maximum absolute atomic E-state index is 2.28. The first-order chi connectivity index (χ1) is 10.4. The van der Waals surface area contributed by atoms with E-state index in [4.69, 9.17) is 0 Å². The monoisotopic (exact) mass is 267 g/mol. The van der Waals surface area contributed by atoms with E-state index in [1.165, 1.54) is 32.7 Å². The van der Waals surface area contributed by atoms with Gasteiger partial charge in [-0.2, -0.15) is 0 Å². The summed E-state index contributed by atoms with van der Waals surface area (Å²) in [6, 6.07) is 30.0. The van der Waals surface area contributed by atoms with Gasteiger partial charge in [-0.15, -0.1) is 0 Å². The van der Waals surface area contributed by atoms with Gasteiger partial charge in [-0.1, -0.05) is 24.3 Å². The Morgan fingerprint density at radius 3 is 1.38 bits per heavy atom. The number of hydrogen-bond acceptors (Lipinski definition) is 0. The highest BCUT2D eigenvalue weighted by Gasteiger charge is 2.11. The van der Waals surface area contributed by atoms with Crippen LogP contribution in [0.1, 0.15) is 11.1 Å². The summed E-state index contributed by atoms with van der Waals surface area (Å²) >= 11 is 0. The minimum absolute atomic E-state index is 1.27. The number of fused-ring (bicyclic) bond motifs is 2. The van der Waals surface area contributed by atoms with E-state index in [1.54, 1.807) is 0 Å². The van der Waals surface area contributed by atoms with Crippen molar-refractivity contribution < 1.29 is 0 Å². The van der Waals surface area contributed by atoms with Crippen molar-refractivity contribution in [3.05, 3.63) is 102 Å². The third kappa shape index (κ3) is 2.15. The van der Waals surface area contributed by atoms with E-state index < -0.39 is 0 Å². The predicted octanol–water partition coefficient (Wildman–Crippen LogP) is 5.59. The zero-order chi connectivity index (χ0) is 14.1. The zero-order valence-corrected chi connectivity index (χ0v) is 11.7. The Morgan fingerprint density at radius 1 is 0.429 bits per heavy atom. The largest absolute Gasteiger partial charge is 0.0805 e. The summed E-state index contributed by atoms with van der Waals surface area (Å²) < 4.78 is 0. The molecule has 0 saturated carbocycles. The average molecular weight is 267 g/mol. The van der Waals surface area contributed by atoms with Crippen LogP contribution in [0.25, 0.3) is 21.5 Å². The fourth-order valence-corrected chi connectivity index (χ4v) is 2.92. The molecule has 0 heteroatoms. The molecule has 98 valence electrons. The molecule has 0 spiro atoms. The normalized spacial score (nSPS) is 10.9. The Bertz CT molecular complexity index is 831. The van der Waals surface area contributed by atoms with Gasteiger partial charge in [0.05, 0.1) is 21.9 Å². The van der Waals surface area contributed by atoms with Crippen LogP contribution in [0.4, 0.5) is 0 Å². The molecule has 4 aromatic rings. The lowest BCUT2D eigenvalue weighted by Gasteiger charge is -2.03. The molecule has 0 radical (unpaired) electrons. The quantitative estimate of drug-likeness (QED) is 0.415. The van der Waals surface area contributed by atoms with Gasteiger partial charge in [0.2, 0.25) is 0 Å². The SMILES string of the molecule is c1ccc2c([CH+]c3cccc4ccccc34)cccc2c1. The van der Waals surface area contributed by atoms with E-state index in [1.807, 2.05) is 0 Å². The Morgan fingerprint density at radius 2 is 0.857 bits per heavy atom. The number of rotatable bonds is 2. The summed E-state index contributed by atoms with van der Waals surface area (Å²) in [6.07, 6.45) is 2.28. The van der Waals surface area contributed by atoms with Crippen LogP contribution in [0.3, 0.4) is 0 Å². The van der Waals surface area contributed by atoms with Crippen molar-refractivity contribution in [1.82, 2.24) is 0 Å². The van der Waals surface area contributed by atoms with Gasteiger partial charge in [-0.25, -0.2) is 0 Å². The second-order valence-electron chi connectivity index (χ2n) is 5.28. The number of hydrogen-bond donors (Lipinski definition) is 0. The molecular formula is C21H15+. The molecule has 0 aliphatic heterocycles. The average Bonchev–Trinajstić information content (AvgIpc) is 2.56. The lowest BCUT2D eigenvalue weighted by molar-refractivity contribution is 1.50. The molecule has 0 aliphatic carbocycles. The lowest BCUT2D eigenvalue weighted by atomic mass is 9.95. The van der Waals surface area contributed by atoms with Crippen LogP contribution in [0.5, 0.6) is 0 Å². The van der Waals surface area contributed by atoms with E-state index in [0.717, 1.165) is 0 Å². The molecule has 0 fully saturated rings. The fourth-order valence-electron chi connectivity index (χ4n) is 2.92. The van der Waals surface area contributed by atoms with Crippen molar-refractivity contribution in [2.45, 2.75) is 0 Å². The van der Waals surface area contributed by atoms with Gasteiger partial charge in [0.15, 0.2) is 0 Å². The van der Waals surface area contributed by atoms with Crippen LogP contribution in [-0.2, 0) is 0 Å². The summed E-state index contributed by atoms with van der Waals surface area (Å²) in [5.41, 5.74) is 2.54. The van der Waals surface area contributed by atoms with E-state index in [9.17, 15) is 0 Å². The second-order valence-corrected chi connectivity index (χ2v) is 5.28. The van der Waals surface area contributed by atoms with Gasteiger partial charge in [-0.3, -0.25) is 0 Å². The van der Waals surface area contributed by atoms with Crippen LogP contribution in [-0.4, -0.2) is 0 Å². The molecule has 0 aromatic heterocycles. The van der Waals surface area contributed by atoms with Gasteiger partial charge in [-0.05, 0) is 48.5 Å². The Balaban J connectivity index is 1.87. The minimum Gasteiger partial charge on any atom is -0.0602 e. The molecule has 0 aliphatic rings. The van der Waals surface area contributed by atoms with Crippen LogP contribution >= 0.6 is 0 Å². The van der Waals surface area contributed by atoms with Crippen molar-refractivity contribution in [2.75, 3.05) is 0 Å². The summed E-state index contributed by atoms with van der Waals surface area (Å²) in [5, 5.41) is 5.17. The summed E-state index contributed by atoms with van der Waals surface area (Å²) in [5.74, 6) is 0. The fraction of sp³-hybridized carbons (Fsp3) is 0. The van der Waals surface area contributed by atoms with E-state index in [-0.39, 0.29) is 0 Å². The zero-order valence-electron chi connectivity index (χ0n) is 11.7. The highest BCUT2D eigenvalue weighted by molar-refractivity contribution is 5.91. The standard InChI is InChI=1S/C21H15/c1-3-13-20-16(7-1)9-5-11-18(20)15-19-12-6-10-17-8-2-4-14-21(17)19/h1-15H/q+1. The van der Waals surface area contributed by atoms with Gasteiger partial charge in [0, 0.05) is 29.3 Å². The summed E-state index contributed by atoms with van der Waals surface area (Å²) in [7, 11) is 0. The first-order valence-electron chi connectivity index (χ1n) is 7.22. The maximum Gasteiger partial charge on any atom is 0.0805 e. The van der Waals surface area contributed by atoms with Crippen molar-refractivity contribution in [3.8, 4) is 0 Å². The lowest BCUT2D eigenvalue weighted by Crippen LogP contribution is -1.89. The molecular weight excluding hydrogens is 252 g/mol. The Hall–Kier alpha value is -2.73. The molecule has 0 amide bonds. The van der Waals surface area contributed by atoms with Crippen molar-refractivity contribution >= 4 is 21.5 Å². The minimum atomic E-state index is 1.27. The second kappa shape index (κ2) is 4.99. The van der Waals surface area contributed by atoms with Gasteiger partial charge in [0.25, 0.3) is 0 Å². The van der Waals surface area contributed by atoms with Gasteiger partial charge < -0.3 is 0 Å². The Kier molecular flexibility index (Phi) is 2.86. The molecule has 0 saturated heterocycles. The molecule has 21 heavy (non-hydrogen) atoms. The Labute approximate surface area is 124 Å².